The Bertz CT molecular complexity index is 233. The summed E-state index contributed by atoms with van der Waals surface area (Å²) >= 11 is 0. The van der Waals surface area contributed by atoms with Gasteiger partial charge in [0.25, 0.3) is 0 Å². The van der Waals surface area contributed by atoms with Crippen molar-refractivity contribution in [3.63, 3.8) is 0 Å². The van der Waals surface area contributed by atoms with Crippen molar-refractivity contribution in [1.82, 2.24) is 5.01 Å². The van der Waals surface area contributed by atoms with Crippen LogP contribution in [0, 0.1) is 11.3 Å². The Morgan fingerprint density at radius 1 is 1.50 bits per heavy atom. The number of hydrogen-bond acceptors (Lipinski definition) is 2. The minimum atomic E-state index is -4.29. The SMILES string of the molecule is CN1C#CS(C(F)(F)F)=N1. The molecule has 6 heteroatoms. The van der Waals surface area contributed by atoms with E-state index in [1.165, 1.54) is 7.05 Å². The van der Waals surface area contributed by atoms with Crippen molar-refractivity contribution in [2.45, 2.75) is 5.51 Å². The van der Waals surface area contributed by atoms with Gasteiger partial charge in [-0.3, -0.25) is 0 Å². The van der Waals surface area contributed by atoms with E-state index >= 15 is 0 Å². The minimum absolute atomic E-state index is 0.983. The monoisotopic (exact) mass is 168 g/mol. The highest BCUT2D eigenvalue weighted by Gasteiger charge is 2.35. The number of rotatable bonds is 0. The maximum Gasteiger partial charge on any atom is 0.465 e. The first kappa shape index (κ1) is 7.41. The second-order valence-corrected chi connectivity index (χ2v) is 2.95. The summed E-state index contributed by atoms with van der Waals surface area (Å²) in [5.74, 6) is 0. The van der Waals surface area contributed by atoms with Crippen LogP contribution in [0.4, 0.5) is 13.2 Å². The van der Waals surface area contributed by atoms with Gasteiger partial charge in [-0.15, -0.1) is 4.47 Å². The molecule has 0 N–H and O–H groups in total. The van der Waals surface area contributed by atoms with Gasteiger partial charge in [0, 0.05) is 18.3 Å². The van der Waals surface area contributed by atoms with Crippen LogP contribution in [0.1, 0.15) is 0 Å². The first-order valence-corrected chi connectivity index (χ1v) is 3.46. The van der Waals surface area contributed by atoms with Crippen LogP contribution < -0.4 is 0 Å². The lowest BCUT2D eigenvalue weighted by Gasteiger charge is -2.02. The molecule has 0 aromatic carbocycles. The summed E-state index contributed by atoms with van der Waals surface area (Å²) in [7, 11) is -0.704. The second-order valence-electron chi connectivity index (χ2n) is 1.55. The Labute approximate surface area is 58.1 Å². The number of halogens is 3. The quantitative estimate of drug-likeness (QED) is 0.494. The zero-order valence-corrected chi connectivity index (χ0v) is 5.75. The predicted octanol–water partition coefficient (Wildman–Crippen LogP) is 1.09. The minimum Gasteiger partial charge on any atom is -0.218 e. The molecule has 56 valence electrons. The summed E-state index contributed by atoms with van der Waals surface area (Å²) in [5, 5.41) is 2.94. The third-order valence-electron chi connectivity index (χ3n) is 0.727. The lowest BCUT2D eigenvalue weighted by Crippen LogP contribution is -2.13. The molecule has 0 saturated heterocycles. The highest BCUT2D eigenvalue weighted by molar-refractivity contribution is 7.92. The van der Waals surface area contributed by atoms with Crippen LogP contribution >= 0.6 is 0 Å². The average molecular weight is 168 g/mol. The smallest absolute Gasteiger partial charge is 0.218 e. The fourth-order valence-corrected chi connectivity index (χ4v) is 1.13. The van der Waals surface area contributed by atoms with Gasteiger partial charge in [0.15, 0.2) is 0 Å². The molecule has 0 bridgehead atoms. The number of nitrogens with zero attached hydrogens (tertiary/aromatic N) is 2. The normalized spacial score (nSPS) is 23.6. The standard InChI is InChI=1S/C4H3F3N2S/c1-9-2-3-10(8-9)4(5,6)7/h1H3. The van der Waals surface area contributed by atoms with Gasteiger partial charge in [-0.05, 0) is 0 Å². The Balaban J connectivity index is 2.82. The summed E-state index contributed by atoms with van der Waals surface area (Å²) < 4.78 is 38.3. The summed E-state index contributed by atoms with van der Waals surface area (Å²) in [6.45, 7) is 0. The first-order chi connectivity index (χ1) is 4.50. The van der Waals surface area contributed by atoms with Crippen molar-refractivity contribution in [3.05, 3.63) is 0 Å². The van der Waals surface area contributed by atoms with E-state index in [2.05, 4.69) is 10.5 Å². The van der Waals surface area contributed by atoms with Crippen LogP contribution in [0.3, 0.4) is 0 Å². The molecule has 0 aromatic rings. The Morgan fingerprint density at radius 2 is 2.10 bits per heavy atom. The van der Waals surface area contributed by atoms with E-state index < -0.39 is 16.2 Å². The lowest BCUT2D eigenvalue weighted by atomic mass is 11.0. The molecule has 10 heavy (non-hydrogen) atoms. The summed E-state index contributed by atoms with van der Waals surface area (Å²) in [4.78, 5) is 0. The first-order valence-electron chi connectivity index (χ1n) is 2.28. The maximum absolute atomic E-state index is 11.7. The highest BCUT2D eigenvalue weighted by Crippen LogP contribution is 2.23. The van der Waals surface area contributed by atoms with Crippen LogP contribution in [-0.4, -0.2) is 17.6 Å². The molecule has 0 aromatic heterocycles. The molecule has 0 aliphatic carbocycles. The van der Waals surface area contributed by atoms with Gasteiger partial charge in [0.2, 0.25) is 0 Å². The van der Waals surface area contributed by atoms with Crippen LogP contribution in [0.15, 0.2) is 4.47 Å². The molecule has 0 spiro atoms. The van der Waals surface area contributed by atoms with E-state index in [1.807, 2.05) is 5.25 Å². The topological polar surface area (TPSA) is 15.6 Å². The van der Waals surface area contributed by atoms with E-state index in [0.717, 1.165) is 5.01 Å². The van der Waals surface area contributed by atoms with Crippen LogP contribution in [0.2, 0.25) is 0 Å². The van der Waals surface area contributed by atoms with Crippen molar-refractivity contribution >= 4 is 10.7 Å². The molecule has 1 aliphatic rings. The largest absolute Gasteiger partial charge is 0.465 e. The van der Waals surface area contributed by atoms with Crippen LogP contribution in [-0.2, 0) is 10.7 Å². The molecule has 0 fully saturated rings. The van der Waals surface area contributed by atoms with Gasteiger partial charge in [-0.25, -0.2) is 5.01 Å². The molecule has 2 nitrogen and oxygen atoms in total. The van der Waals surface area contributed by atoms with Gasteiger partial charge in [-0.1, -0.05) is 0 Å². The number of hydrogen-bond donors (Lipinski definition) is 0. The third kappa shape index (κ3) is 1.42. The maximum atomic E-state index is 11.7. The summed E-state index contributed by atoms with van der Waals surface area (Å²) in [6, 6.07) is 2.19. The van der Waals surface area contributed by atoms with Crippen molar-refractivity contribution in [2.75, 3.05) is 7.05 Å². The van der Waals surface area contributed by atoms with Gasteiger partial charge in [0.1, 0.15) is 10.7 Å². The summed E-state index contributed by atoms with van der Waals surface area (Å²) in [6.07, 6.45) is 0. The van der Waals surface area contributed by atoms with E-state index in [1.54, 1.807) is 0 Å². The van der Waals surface area contributed by atoms with Gasteiger partial charge < -0.3 is 0 Å². The zero-order chi connectivity index (χ0) is 7.78. The predicted molar refractivity (Wildman–Crippen MR) is 31.4 cm³/mol. The molecule has 1 aliphatic heterocycles. The molecule has 1 atom stereocenters. The molecular formula is C4H3F3N2S. The van der Waals surface area contributed by atoms with Crippen molar-refractivity contribution in [3.8, 4) is 11.3 Å². The molecular weight excluding hydrogens is 165 g/mol. The van der Waals surface area contributed by atoms with E-state index in [0.29, 0.717) is 0 Å². The Kier molecular flexibility index (Phi) is 1.60. The summed E-state index contributed by atoms with van der Waals surface area (Å²) in [5.41, 5.74) is -4.29. The zero-order valence-electron chi connectivity index (χ0n) is 4.94. The highest BCUT2D eigenvalue weighted by atomic mass is 32.2. The second kappa shape index (κ2) is 2.16. The van der Waals surface area contributed by atoms with Gasteiger partial charge in [-0.2, -0.15) is 13.2 Å². The van der Waals surface area contributed by atoms with E-state index in [-0.39, 0.29) is 0 Å². The average Bonchev–Trinajstić information content (AvgIpc) is 2.11. The molecule has 0 saturated carbocycles. The van der Waals surface area contributed by atoms with Gasteiger partial charge >= 0.3 is 5.51 Å². The number of alkyl halides is 3. The van der Waals surface area contributed by atoms with Gasteiger partial charge in [0.05, 0.1) is 0 Å². The van der Waals surface area contributed by atoms with E-state index in [4.69, 9.17) is 0 Å². The third-order valence-corrected chi connectivity index (χ3v) is 1.86. The van der Waals surface area contributed by atoms with Crippen molar-refractivity contribution in [1.29, 1.82) is 0 Å². The molecule has 0 amide bonds. The molecule has 1 unspecified atom stereocenters. The Hall–Kier alpha value is -0.700. The van der Waals surface area contributed by atoms with Crippen LogP contribution in [0.5, 0.6) is 0 Å². The van der Waals surface area contributed by atoms with Crippen molar-refractivity contribution in [2.24, 2.45) is 4.47 Å². The fourth-order valence-electron chi connectivity index (χ4n) is 0.377. The Morgan fingerprint density at radius 3 is 2.30 bits per heavy atom. The molecule has 1 heterocycles. The van der Waals surface area contributed by atoms with E-state index in [9.17, 15) is 13.2 Å². The molecule has 0 radical (unpaired) electrons. The molecule has 1 rings (SSSR count). The fraction of sp³-hybridized carbons (Fsp3) is 0.500. The lowest BCUT2D eigenvalue weighted by molar-refractivity contribution is -0.0348. The van der Waals surface area contributed by atoms with Crippen molar-refractivity contribution < 1.29 is 13.2 Å². The van der Waals surface area contributed by atoms with Crippen LogP contribution in [0.25, 0.3) is 0 Å².